The average molecular weight is 508 g/mol. The molecule has 37 heavy (non-hydrogen) atoms. The number of carbonyl (C=O) groups is 1. The Kier molecular flexibility index (Phi) is 7.50. The van der Waals surface area contributed by atoms with Crippen LogP contribution in [0.4, 0.5) is 10.2 Å². The van der Waals surface area contributed by atoms with Crippen molar-refractivity contribution in [3.05, 3.63) is 65.4 Å². The van der Waals surface area contributed by atoms with Gasteiger partial charge in [-0.25, -0.2) is 14.1 Å². The fourth-order valence-electron chi connectivity index (χ4n) is 4.88. The van der Waals surface area contributed by atoms with E-state index in [0.717, 1.165) is 49.8 Å². The number of nitrogens with one attached hydrogen (secondary N) is 1. The Bertz CT molecular complexity index is 1240. The Morgan fingerprint density at radius 2 is 2.14 bits per heavy atom. The lowest BCUT2D eigenvalue weighted by molar-refractivity contribution is -0.120. The van der Waals surface area contributed by atoms with Gasteiger partial charge in [0.2, 0.25) is 5.91 Å². The average Bonchev–Trinajstić information content (AvgIpc) is 3.64. The minimum Gasteiger partial charge on any atom is -0.490 e. The Morgan fingerprint density at radius 1 is 1.27 bits per heavy atom. The Morgan fingerprint density at radius 3 is 2.95 bits per heavy atom. The topological polar surface area (TPSA) is 102 Å². The minimum absolute atomic E-state index is 0.0331. The predicted octanol–water partition coefficient (Wildman–Crippen LogP) is 4.42. The summed E-state index contributed by atoms with van der Waals surface area (Å²) in [7, 11) is 0. The first kappa shape index (κ1) is 25.3. The van der Waals surface area contributed by atoms with Gasteiger partial charge in [-0.05, 0) is 80.2 Å². The molecule has 196 valence electrons. The summed E-state index contributed by atoms with van der Waals surface area (Å²) in [6.45, 7) is 2.61. The highest BCUT2D eigenvalue weighted by Crippen LogP contribution is 2.34. The molecule has 1 aromatic carbocycles. The SMILES string of the molecule is CC[C@@](O)(Cn1nncc1CCCCC1Cc2cccnc2NC1=O)c1ccc(F)c(OCC2CC2)c1. The molecule has 1 aliphatic carbocycles. The normalized spacial score (nSPS) is 18.7. The van der Waals surface area contributed by atoms with Gasteiger partial charge >= 0.3 is 0 Å². The number of aromatic nitrogens is 4. The minimum atomic E-state index is -1.24. The molecule has 2 aromatic heterocycles. The monoisotopic (exact) mass is 507 g/mol. The van der Waals surface area contributed by atoms with Crippen LogP contribution in [0.2, 0.25) is 0 Å². The molecule has 3 aromatic rings. The van der Waals surface area contributed by atoms with Crippen LogP contribution in [-0.2, 0) is 29.8 Å². The molecule has 1 fully saturated rings. The van der Waals surface area contributed by atoms with E-state index in [2.05, 4.69) is 20.6 Å². The van der Waals surface area contributed by atoms with E-state index in [1.807, 2.05) is 19.1 Å². The van der Waals surface area contributed by atoms with Crippen LogP contribution in [-0.4, -0.2) is 37.6 Å². The van der Waals surface area contributed by atoms with Crippen molar-refractivity contribution in [1.29, 1.82) is 0 Å². The van der Waals surface area contributed by atoms with Gasteiger partial charge in [-0.15, -0.1) is 5.10 Å². The molecule has 8 nitrogen and oxygen atoms in total. The van der Waals surface area contributed by atoms with Gasteiger partial charge in [0.15, 0.2) is 11.6 Å². The first-order chi connectivity index (χ1) is 17.9. The molecule has 0 radical (unpaired) electrons. The van der Waals surface area contributed by atoms with Crippen molar-refractivity contribution >= 4 is 11.7 Å². The third-order valence-electron chi connectivity index (χ3n) is 7.54. The van der Waals surface area contributed by atoms with Crippen LogP contribution in [0.5, 0.6) is 5.75 Å². The molecular weight excluding hydrogens is 473 g/mol. The van der Waals surface area contributed by atoms with Crippen LogP contribution in [0.3, 0.4) is 0 Å². The van der Waals surface area contributed by atoms with Crippen molar-refractivity contribution in [2.45, 2.75) is 70.4 Å². The number of benzene rings is 1. The lowest BCUT2D eigenvalue weighted by Crippen LogP contribution is -2.32. The van der Waals surface area contributed by atoms with E-state index in [4.69, 9.17) is 4.74 Å². The summed E-state index contributed by atoms with van der Waals surface area (Å²) >= 11 is 0. The second-order valence-corrected chi connectivity index (χ2v) is 10.3. The second kappa shape index (κ2) is 11.0. The summed E-state index contributed by atoms with van der Waals surface area (Å²) in [5.41, 5.74) is 1.36. The van der Waals surface area contributed by atoms with Crippen molar-refractivity contribution in [1.82, 2.24) is 20.0 Å². The third-order valence-corrected chi connectivity index (χ3v) is 7.54. The summed E-state index contributed by atoms with van der Waals surface area (Å²) in [5.74, 6) is 0.914. The van der Waals surface area contributed by atoms with Crippen LogP contribution in [0, 0.1) is 17.7 Å². The van der Waals surface area contributed by atoms with Crippen LogP contribution < -0.4 is 10.1 Å². The van der Waals surface area contributed by atoms with Gasteiger partial charge in [0.25, 0.3) is 0 Å². The van der Waals surface area contributed by atoms with Crippen molar-refractivity contribution in [3.8, 4) is 5.75 Å². The summed E-state index contributed by atoms with van der Waals surface area (Å²) in [5, 5.41) is 22.7. The highest BCUT2D eigenvalue weighted by molar-refractivity contribution is 5.94. The van der Waals surface area contributed by atoms with Crippen molar-refractivity contribution in [2.75, 3.05) is 11.9 Å². The number of aryl methyl sites for hydroxylation is 1. The molecular formula is C28H34FN5O3. The first-order valence-corrected chi connectivity index (χ1v) is 13.2. The molecule has 0 saturated heterocycles. The number of carbonyl (C=O) groups excluding carboxylic acids is 1. The van der Waals surface area contributed by atoms with Gasteiger partial charge < -0.3 is 15.2 Å². The van der Waals surface area contributed by atoms with Crippen LogP contribution in [0.15, 0.2) is 42.7 Å². The number of pyridine rings is 1. The number of rotatable bonds is 12. The fraction of sp³-hybridized carbons (Fsp3) is 0.500. The number of amides is 1. The molecule has 2 atom stereocenters. The number of halogens is 1. The van der Waals surface area contributed by atoms with E-state index >= 15 is 0 Å². The molecule has 3 heterocycles. The van der Waals surface area contributed by atoms with Crippen LogP contribution >= 0.6 is 0 Å². The number of anilines is 1. The summed E-state index contributed by atoms with van der Waals surface area (Å²) < 4.78 is 21.7. The molecule has 9 heteroatoms. The van der Waals surface area contributed by atoms with Crippen molar-refractivity contribution in [3.63, 3.8) is 0 Å². The van der Waals surface area contributed by atoms with E-state index in [0.29, 0.717) is 36.7 Å². The molecule has 5 rings (SSSR count). The standard InChI is InChI=1S/C28H34FN5O3/c1-2-28(36,22-11-12-24(29)25(15-22)37-17-19-9-10-19)18-34-23(16-31-33-34)8-4-3-6-21-14-20-7-5-13-30-26(20)32-27(21)35/h5,7,11-13,15-16,19,21,36H,2-4,6,8-10,14,17-18H2,1H3,(H,30,32,35)/t21?,28-/m1/s1. The molecule has 2 aliphatic rings. The number of aliphatic hydroxyl groups is 1. The van der Waals surface area contributed by atoms with Crippen molar-refractivity contribution in [2.24, 2.45) is 11.8 Å². The maximum Gasteiger partial charge on any atom is 0.228 e. The van der Waals surface area contributed by atoms with E-state index in [1.165, 1.54) is 6.07 Å². The van der Waals surface area contributed by atoms with Gasteiger partial charge in [0, 0.05) is 12.1 Å². The smallest absolute Gasteiger partial charge is 0.228 e. The number of fused-ring (bicyclic) bond motifs is 1. The lowest BCUT2D eigenvalue weighted by atomic mass is 9.90. The molecule has 0 bridgehead atoms. The molecule has 2 N–H and O–H groups in total. The van der Waals surface area contributed by atoms with E-state index < -0.39 is 11.4 Å². The molecule has 0 spiro atoms. The Labute approximate surface area is 216 Å². The molecule has 1 amide bonds. The summed E-state index contributed by atoms with van der Waals surface area (Å²) in [4.78, 5) is 16.7. The highest BCUT2D eigenvalue weighted by Gasteiger charge is 2.31. The number of nitrogens with zero attached hydrogens (tertiary/aromatic N) is 4. The number of hydrogen-bond acceptors (Lipinski definition) is 6. The van der Waals surface area contributed by atoms with Gasteiger partial charge in [-0.1, -0.05) is 30.7 Å². The maximum atomic E-state index is 14.3. The number of hydrogen-bond donors (Lipinski definition) is 2. The highest BCUT2D eigenvalue weighted by atomic mass is 19.1. The Balaban J connectivity index is 1.18. The summed E-state index contributed by atoms with van der Waals surface area (Å²) in [6, 6.07) is 8.49. The quantitative estimate of drug-likeness (QED) is 0.352. The maximum absolute atomic E-state index is 14.3. The molecule has 1 saturated carbocycles. The number of unbranched alkanes of at least 4 members (excludes halogenated alkanes) is 1. The predicted molar refractivity (Wildman–Crippen MR) is 136 cm³/mol. The van der Waals surface area contributed by atoms with Gasteiger partial charge in [-0.2, -0.15) is 0 Å². The van der Waals surface area contributed by atoms with Crippen LogP contribution in [0.1, 0.15) is 62.3 Å². The molecule has 1 aliphatic heterocycles. The second-order valence-electron chi connectivity index (χ2n) is 10.3. The van der Waals surface area contributed by atoms with E-state index in [1.54, 1.807) is 29.2 Å². The van der Waals surface area contributed by atoms with Crippen molar-refractivity contribution < 1.29 is 19.0 Å². The molecule has 1 unspecified atom stereocenters. The zero-order valence-corrected chi connectivity index (χ0v) is 21.2. The van der Waals surface area contributed by atoms with Crippen LogP contribution in [0.25, 0.3) is 0 Å². The van der Waals surface area contributed by atoms with Gasteiger partial charge in [-0.3, -0.25) is 4.79 Å². The Hall–Kier alpha value is -3.33. The number of ether oxygens (including phenoxy) is 1. The third kappa shape index (κ3) is 5.98. The van der Waals surface area contributed by atoms with Gasteiger partial charge in [0.05, 0.1) is 25.0 Å². The van der Waals surface area contributed by atoms with E-state index in [9.17, 15) is 14.3 Å². The largest absolute Gasteiger partial charge is 0.490 e. The zero-order chi connectivity index (χ0) is 25.8. The van der Waals surface area contributed by atoms with E-state index in [-0.39, 0.29) is 24.1 Å². The zero-order valence-electron chi connectivity index (χ0n) is 21.2. The van der Waals surface area contributed by atoms with Gasteiger partial charge in [0.1, 0.15) is 11.4 Å². The first-order valence-electron chi connectivity index (χ1n) is 13.2. The lowest BCUT2D eigenvalue weighted by Gasteiger charge is -2.28. The fourth-order valence-corrected chi connectivity index (χ4v) is 4.88. The summed E-state index contributed by atoms with van der Waals surface area (Å²) in [6.07, 6.45) is 10.1.